The zero-order chi connectivity index (χ0) is 19.1. The molecule has 136 valence electrons. The van der Waals surface area contributed by atoms with Crippen LogP contribution >= 0.6 is 0 Å². The number of fused-ring (bicyclic) bond motifs is 2. The standard InChI is InChI=1S/C22H19NO4/c1-4-8-26-15-7-5-6-14(11-15)18-17-19(24)16-10-12(2)9-13(3)20(16)27-21(17)22(25)23-18/h4-7,9-11,18H,1,8H2,2-3H3,(H,23,25). The van der Waals surface area contributed by atoms with Crippen LogP contribution in [-0.4, -0.2) is 12.5 Å². The molecule has 1 aliphatic heterocycles. The normalized spacial score (nSPS) is 15.5. The average molecular weight is 361 g/mol. The minimum atomic E-state index is -0.568. The van der Waals surface area contributed by atoms with E-state index in [1.54, 1.807) is 12.1 Å². The lowest BCUT2D eigenvalue weighted by Gasteiger charge is -2.13. The molecule has 1 unspecified atom stereocenters. The van der Waals surface area contributed by atoms with Crippen LogP contribution in [0.5, 0.6) is 5.75 Å². The molecule has 1 atom stereocenters. The van der Waals surface area contributed by atoms with Gasteiger partial charge in [0.1, 0.15) is 17.9 Å². The molecule has 0 radical (unpaired) electrons. The fraction of sp³-hybridized carbons (Fsp3) is 0.182. The van der Waals surface area contributed by atoms with Crippen molar-refractivity contribution in [2.24, 2.45) is 0 Å². The highest BCUT2D eigenvalue weighted by atomic mass is 16.5. The lowest BCUT2D eigenvalue weighted by Crippen LogP contribution is -2.22. The number of aryl methyl sites for hydroxylation is 2. The van der Waals surface area contributed by atoms with Gasteiger partial charge in [-0.15, -0.1) is 0 Å². The highest BCUT2D eigenvalue weighted by molar-refractivity contribution is 5.99. The van der Waals surface area contributed by atoms with Gasteiger partial charge in [0.2, 0.25) is 5.76 Å². The molecule has 1 N–H and O–H groups in total. The summed E-state index contributed by atoms with van der Waals surface area (Å²) >= 11 is 0. The molecule has 1 aliphatic rings. The fourth-order valence-corrected chi connectivity index (χ4v) is 3.55. The minimum Gasteiger partial charge on any atom is -0.490 e. The predicted octanol–water partition coefficient (Wildman–Crippen LogP) is 3.81. The summed E-state index contributed by atoms with van der Waals surface area (Å²) < 4.78 is 11.4. The number of carbonyl (C=O) groups excluding carboxylic acids is 1. The van der Waals surface area contributed by atoms with Crippen molar-refractivity contribution in [2.75, 3.05) is 6.61 Å². The van der Waals surface area contributed by atoms with Crippen LogP contribution in [0.2, 0.25) is 0 Å². The van der Waals surface area contributed by atoms with E-state index in [0.717, 1.165) is 16.7 Å². The van der Waals surface area contributed by atoms with Crippen molar-refractivity contribution in [3.05, 3.63) is 87.3 Å². The number of rotatable bonds is 4. The molecule has 0 saturated heterocycles. The molecule has 5 nitrogen and oxygen atoms in total. The molecule has 1 amide bonds. The third-order valence-corrected chi connectivity index (χ3v) is 4.69. The van der Waals surface area contributed by atoms with Crippen LogP contribution in [0.1, 0.15) is 38.9 Å². The van der Waals surface area contributed by atoms with E-state index in [-0.39, 0.29) is 17.1 Å². The van der Waals surface area contributed by atoms with E-state index < -0.39 is 6.04 Å². The Bertz CT molecular complexity index is 1140. The third-order valence-electron chi connectivity index (χ3n) is 4.69. The number of benzene rings is 2. The molecule has 0 fully saturated rings. The number of hydrogen-bond donors (Lipinski definition) is 1. The van der Waals surface area contributed by atoms with Gasteiger partial charge >= 0.3 is 0 Å². The predicted molar refractivity (Wildman–Crippen MR) is 103 cm³/mol. The Hall–Kier alpha value is -3.34. The summed E-state index contributed by atoms with van der Waals surface area (Å²) in [7, 11) is 0. The van der Waals surface area contributed by atoms with Gasteiger partial charge in [0.15, 0.2) is 5.43 Å². The Morgan fingerprint density at radius 3 is 2.81 bits per heavy atom. The first-order chi connectivity index (χ1) is 13.0. The molecule has 0 saturated carbocycles. The van der Waals surface area contributed by atoms with Crippen LogP contribution in [0.3, 0.4) is 0 Å². The molecular formula is C22H19NO4. The lowest BCUT2D eigenvalue weighted by molar-refractivity contribution is 0.0938. The topological polar surface area (TPSA) is 68.5 Å². The number of carbonyl (C=O) groups is 1. The SMILES string of the molecule is C=CCOc1cccc(C2NC(=O)c3oc4c(C)cc(C)cc4c(=O)c32)c1. The Morgan fingerprint density at radius 2 is 2.04 bits per heavy atom. The largest absolute Gasteiger partial charge is 0.490 e. The van der Waals surface area contributed by atoms with E-state index in [9.17, 15) is 9.59 Å². The second-order valence-electron chi connectivity index (χ2n) is 6.71. The number of hydrogen-bond acceptors (Lipinski definition) is 4. The molecule has 2 aromatic carbocycles. The van der Waals surface area contributed by atoms with Crippen molar-refractivity contribution in [1.82, 2.24) is 5.32 Å². The summed E-state index contributed by atoms with van der Waals surface area (Å²) in [6.07, 6.45) is 1.66. The van der Waals surface area contributed by atoms with Crippen LogP contribution in [-0.2, 0) is 0 Å². The second kappa shape index (κ2) is 6.43. The lowest BCUT2D eigenvalue weighted by atomic mass is 9.98. The highest BCUT2D eigenvalue weighted by Gasteiger charge is 2.36. The van der Waals surface area contributed by atoms with E-state index in [1.165, 1.54) is 0 Å². The number of ether oxygens (including phenoxy) is 1. The fourth-order valence-electron chi connectivity index (χ4n) is 3.55. The van der Waals surface area contributed by atoms with Crippen LogP contribution < -0.4 is 15.5 Å². The molecule has 0 bridgehead atoms. The van der Waals surface area contributed by atoms with Gasteiger partial charge in [-0.3, -0.25) is 9.59 Å². The summed E-state index contributed by atoms with van der Waals surface area (Å²) in [6.45, 7) is 7.81. The highest BCUT2D eigenvalue weighted by Crippen LogP contribution is 2.33. The van der Waals surface area contributed by atoms with E-state index in [1.807, 2.05) is 44.2 Å². The molecule has 27 heavy (non-hydrogen) atoms. The van der Waals surface area contributed by atoms with Gasteiger partial charge in [0.25, 0.3) is 5.91 Å². The van der Waals surface area contributed by atoms with Gasteiger partial charge in [-0.1, -0.05) is 30.9 Å². The smallest absolute Gasteiger partial charge is 0.288 e. The summed E-state index contributed by atoms with van der Waals surface area (Å²) in [5, 5.41) is 3.35. The van der Waals surface area contributed by atoms with E-state index >= 15 is 0 Å². The first-order valence-electron chi connectivity index (χ1n) is 8.72. The van der Waals surface area contributed by atoms with Gasteiger partial charge in [0, 0.05) is 0 Å². The molecule has 4 rings (SSSR count). The van der Waals surface area contributed by atoms with Crippen molar-refractivity contribution in [1.29, 1.82) is 0 Å². The quantitative estimate of drug-likeness (QED) is 0.718. The van der Waals surface area contributed by atoms with Crippen molar-refractivity contribution in [3.63, 3.8) is 0 Å². The molecular weight excluding hydrogens is 342 g/mol. The van der Waals surface area contributed by atoms with E-state index in [0.29, 0.717) is 28.9 Å². The van der Waals surface area contributed by atoms with Crippen molar-refractivity contribution >= 4 is 16.9 Å². The Labute approximate surface area is 156 Å². The second-order valence-corrected chi connectivity index (χ2v) is 6.71. The zero-order valence-electron chi connectivity index (χ0n) is 15.2. The van der Waals surface area contributed by atoms with Gasteiger partial charge in [-0.25, -0.2) is 0 Å². The van der Waals surface area contributed by atoms with Gasteiger partial charge in [-0.05, 0) is 48.7 Å². The Morgan fingerprint density at radius 1 is 1.22 bits per heavy atom. The number of amides is 1. The van der Waals surface area contributed by atoms with Crippen LogP contribution in [0.15, 0.2) is 58.3 Å². The Kier molecular flexibility index (Phi) is 4.07. The molecule has 5 heteroatoms. The van der Waals surface area contributed by atoms with E-state index in [4.69, 9.17) is 9.15 Å². The minimum absolute atomic E-state index is 0.0851. The monoisotopic (exact) mass is 361 g/mol. The maximum absolute atomic E-state index is 13.2. The molecule has 1 aromatic heterocycles. The van der Waals surface area contributed by atoms with Gasteiger partial charge < -0.3 is 14.5 Å². The van der Waals surface area contributed by atoms with Crippen LogP contribution in [0.25, 0.3) is 11.0 Å². The van der Waals surface area contributed by atoms with Crippen molar-refractivity contribution in [3.8, 4) is 5.75 Å². The maximum atomic E-state index is 13.2. The van der Waals surface area contributed by atoms with Crippen molar-refractivity contribution in [2.45, 2.75) is 19.9 Å². The zero-order valence-corrected chi connectivity index (χ0v) is 15.2. The van der Waals surface area contributed by atoms with Gasteiger partial charge in [0.05, 0.1) is 17.0 Å². The van der Waals surface area contributed by atoms with Crippen LogP contribution in [0, 0.1) is 13.8 Å². The summed E-state index contributed by atoms with van der Waals surface area (Å²) in [5.74, 6) is 0.347. The third kappa shape index (κ3) is 2.81. The summed E-state index contributed by atoms with van der Waals surface area (Å²) in [5.41, 5.74) is 3.20. The van der Waals surface area contributed by atoms with Crippen LogP contribution in [0.4, 0.5) is 0 Å². The summed E-state index contributed by atoms with van der Waals surface area (Å²) in [6, 6.07) is 10.5. The first kappa shape index (κ1) is 17.1. The Balaban J connectivity index is 1.90. The van der Waals surface area contributed by atoms with Gasteiger partial charge in [-0.2, -0.15) is 0 Å². The molecule has 3 aromatic rings. The average Bonchev–Trinajstić information content (AvgIpc) is 2.98. The summed E-state index contributed by atoms with van der Waals surface area (Å²) in [4.78, 5) is 25.7. The maximum Gasteiger partial charge on any atom is 0.288 e. The van der Waals surface area contributed by atoms with E-state index in [2.05, 4.69) is 11.9 Å². The first-order valence-corrected chi connectivity index (χ1v) is 8.72. The number of nitrogens with one attached hydrogen (secondary N) is 1. The van der Waals surface area contributed by atoms with Crippen molar-refractivity contribution < 1.29 is 13.9 Å². The molecule has 0 spiro atoms. The molecule has 0 aliphatic carbocycles. The molecule has 2 heterocycles.